The van der Waals surface area contributed by atoms with E-state index in [1.54, 1.807) is 12.1 Å². The van der Waals surface area contributed by atoms with Gasteiger partial charge >= 0.3 is 5.97 Å². The van der Waals surface area contributed by atoms with Gasteiger partial charge in [0.15, 0.2) is 12.4 Å². The fourth-order valence-corrected chi connectivity index (χ4v) is 1.95. The molecule has 1 N–H and O–H groups in total. The summed E-state index contributed by atoms with van der Waals surface area (Å²) in [6, 6.07) is 11.3. The second-order valence-corrected chi connectivity index (χ2v) is 4.94. The Kier molecular flexibility index (Phi) is 4.60. The van der Waals surface area contributed by atoms with Crippen molar-refractivity contribution in [3.05, 3.63) is 64.2 Å². The van der Waals surface area contributed by atoms with E-state index in [9.17, 15) is 9.59 Å². The Morgan fingerprint density at radius 3 is 2.29 bits per heavy atom. The summed E-state index contributed by atoms with van der Waals surface area (Å²) >= 11 is 5.92. The van der Waals surface area contributed by atoms with Crippen molar-refractivity contribution < 1.29 is 19.4 Å². The lowest BCUT2D eigenvalue weighted by molar-refractivity contribution is 0.0696. The minimum absolute atomic E-state index is 0.0669. The molecule has 4 nitrogen and oxygen atoms in total. The first kappa shape index (κ1) is 15.1. The summed E-state index contributed by atoms with van der Waals surface area (Å²) in [4.78, 5) is 22.7. The summed E-state index contributed by atoms with van der Waals surface area (Å²) in [5, 5.41) is 8.99. The van der Waals surface area contributed by atoms with Gasteiger partial charge in [-0.1, -0.05) is 41.4 Å². The molecule has 108 valence electrons. The number of rotatable bonds is 5. The van der Waals surface area contributed by atoms with E-state index in [0.717, 1.165) is 5.56 Å². The minimum atomic E-state index is -1.07. The van der Waals surface area contributed by atoms with E-state index in [1.165, 1.54) is 18.2 Å². The Hall–Kier alpha value is -2.33. The number of ketones is 1. The average Bonchev–Trinajstić information content (AvgIpc) is 2.46. The van der Waals surface area contributed by atoms with Gasteiger partial charge in [-0.3, -0.25) is 4.79 Å². The quantitative estimate of drug-likeness (QED) is 0.857. The maximum Gasteiger partial charge on any atom is 0.335 e. The second-order valence-electron chi connectivity index (χ2n) is 4.53. The van der Waals surface area contributed by atoms with Crippen LogP contribution in [0.15, 0.2) is 42.5 Å². The highest BCUT2D eigenvalue weighted by Gasteiger charge is 2.11. The van der Waals surface area contributed by atoms with E-state index < -0.39 is 5.97 Å². The van der Waals surface area contributed by atoms with Crippen LogP contribution in [0.4, 0.5) is 0 Å². The standard InChI is InChI=1S/C16H13ClO4/c1-10-2-4-11(5-3-10)14(18)9-21-15-7-6-12(16(19)20)8-13(15)17/h2-8H,9H2,1H3,(H,19,20). The number of carboxylic acids is 1. The second kappa shape index (κ2) is 6.41. The van der Waals surface area contributed by atoms with Crippen molar-refractivity contribution in [2.24, 2.45) is 0 Å². The molecule has 2 aromatic rings. The smallest absolute Gasteiger partial charge is 0.335 e. The molecule has 0 atom stereocenters. The van der Waals surface area contributed by atoms with Gasteiger partial charge in [0.25, 0.3) is 0 Å². The van der Waals surface area contributed by atoms with Gasteiger partial charge in [-0.15, -0.1) is 0 Å². The van der Waals surface area contributed by atoms with Gasteiger partial charge < -0.3 is 9.84 Å². The van der Waals surface area contributed by atoms with Gasteiger partial charge in [-0.25, -0.2) is 4.79 Å². The van der Waals surface area contributed by atoms with Crippen LogP contribution in [0.2, 0.25) is 5.02 Å². The van der Waals surface area contributed by atoms with Crippen LogP contribution >= 0.6 is 11.6 Å². The van der Waals surface area contributed by atoms with Crippen molar-refractivity contribution in [1.29, 1.82) is 0 Å². The average molecular weight is 305 g/mol. The zero-order valence-electron chi connectivity index (χ0n) is 11.3. The Morgan fingerprint density at radius 2 is 1.71 bits per heavy atom. The Bertz CT molecular complexity index is 677. The van der Waals surface area contributed by atoms with Crippen molar-refractivity contribution in [1.82, 2.24) is 0 Å². The number of carbonyl (C=O) groups excluding carboxylic acids is 1. The Morgan fingerprint density at radius 1 is 1.10 bits per heavy atom. The molecule has 0 amide bonds. The van der Waals surface area contributed by atoms with Gasteiger partial charge in [0.1, 0.15) is 5.75 Å². The van der Waals surface area contributed by atoms with Crippen molar-refractivity contribution in [3.63, 3.8) is 0 Å². The molecule has 0 aliphatic carbocycles. The van der Waals surface area contributed by atoms with Crippen LogP contribution in [0, 0.1) is 6.92 Å². The topological polar surface area (TPSA) is 63.6 Å². The van der Waals surface area contributed by atoms with E-state index in [-0.39, 0.29) is 28.7 Å². The molecule has 0 fully saturated rings. The zero-order valence-corrected chi connectivity index (χ0v) is 12.1. The highest BCUT2D eigenvalue weighted by atomic mass is 35.5. The molecule has 0 heterocycles. The van der Waals surface area contributed by atoms with Gasteiger partial charge in [-0.05, 0) is 25.1 Å². The molecule has 0 bridgehead atoms. The summed E-state index contributed by atoms with van der Waals surface area (Å²) in [5.74, 6) is -0.963. The molecule has 0 unspecified atom stereocenters. The van der Waals surface area contributed by atoms with Crippen molar-refractivity contribution >= 4 is 23.4 Å². The maximum absolute atomic E-state index is 12.0. The molecule has 2 rings (SSSR count). The summed E-state index contributed by atoms with van der Waals surface area (Å²) in [5.41, 5.74) is 1.69. The summed E-state index contributed by atoms with van der Waals surface area (Å²) in [6.45, 7) is 1.78. The van der Waals surface area contributed by atoms with Crippen molar-refractivity contribution in [2.45, 2.75) is 6.92 Å². The molecular formula is C16H13ClO4. The number of aryl methyl sites for hydroxylation is 1. The first-order valence-electron chi connectivity index (χ1n) is 6.23. The van der Waals surface area contributed by atoms with Gasteiger partial charge in [0.05, 0.1) is 10.6 Å². The normalized spacial score (nSPS) is 10.2. The van der Waals surface area contributed by atoms with Crippen LogP contribution in [0.5, 0.6) is 5.75 Å². The van der Waals surface area contributed by atoms with Crippen LogP contribution in [-0.2, 0) is 0 Å². The lowest BCUT2D eigenvalue weighted by atomic mass is 10.1. The molecule has 0 saturated carbocycles. The van der Waals surface area contributed by atoms with Crippen LogP contribution in [-0.4, -0.2) is 23.5 Å². The molecule has 0 aromatic heterocycles. The molecule has 0 spiro atoms. The number of ether oxygens (including phenoxy) is 1. The summed E-state index contributed by atoms with van der Waals surface area (Å²) < 4.78 is 5.34. The largest absolute Gasteiger partial charge is 0.484 e. The molecule has 21 heavy (non-hydrogen) atoms. The number of benzene rings is 2. The van der Waals surface area contributed by atoms with Gasteiger partial charge in [-0.2, -0.15) is 0 Å². The summed E-state index contributed by atoms with van der Waals surface area (Å²) in [6.07, 6.45) is 0. The van der Waals surface area contributed by atoms with E-state index in [1.807, 2.05) is 19.1 Å². The highest BCUT2D eigenvalue weighted by Crippen LogP contribution is 2.25. The number of hydrogen-bond acceptors (Lipinski definition) is 3. The van der Waals surface area contributed by atoms with E-state index in [4.69, 9.17) is 21.4 Å². The predicted octanol–water partition coefficient (Wildman–Crippen LogP) is 3.61. The third kappa shape index (κ3) is 3.83. The number of aromatic carboxylic acids is 1. The number of carbonyl (C=O) groups is 2. The molecule has 2 aromatic carbocycles. The molecule has 0 saturated heterocycles. The molecule has 0 aliphatic rings. The van der Waals surface area contributed by atoms with E-state index in [2.05, 4.69) is 0 Å². The van der Waals surface area contributed by atoms with Crippen LogP contribution < -0.4 is 4.74 Å². The van der Waals surface area contributed by atoms with Crippen molar-refractivity contribution in [3.8, 4) is 5.75 Å². The first-order chi connectivity index (χ1) is 9.97. The number of carboxylic acid groups (broad SMARTS) is 1. The van der Waals surface area contributed by atoms with Crippen LogP contribution in [0.1, 0.15) is 26.3 Å². The van der Waals surface area contributed by atoms with Crippen LogP contribution in [0.25, 0.3) is 0 Å². The van der Waals surface area contributed by atoms with Crippen molar-refractivity contribution in [2.75, 3.05) is 6.61 Å². The highest BCUT2D eigenvalue weighted by molar-refractivity contribution is 6.32. The number of Topliss-reactive ketones (excluding diaryl/α,β-unsaturated/α-hetero) is 1. The van der Waals surface area contributed by atoms with Crippen LogP contribution in [0.3, 0.4) is 0 Å². The third-order valence-electron chi connectivity index (χ3n) is 2.91. The maximum atomic E-state index is 12.0. The number of hydrogen-bond donors (Lipinski definition) is 1. The molecule has 0 radical (unpaired) electrons. The lowest BCUT2D eigenvalue weighted by Gasteiger charge is -2.08. The monoisotopic (exact) mass is 304 g/mol. The Balaban J connectivity index is 2.04. The SMILES string of the molecule is Cc1ccc(C(=O)COc2ccc(C(=O)O)cc2Cl)cc1. The first-order valence-corrected chi connectivity index (χ1v) is 6.60. The van der Waals surface area contributed by atoms with E-state index >= 15 is 0 Å². The number of halogens is 1. The van der Waals surface area contributed by atoms with E-state index in [0.29, 0.717) is 5.56 Å². The Labute approximate surface area is 126 Å². The third-order valence-corrected chi connectivity index (χ3v) is 3.21. The molecule has 5 heteroatoms. The molecular weight excluding hydrogens is 292 g/mol. The predicted molar refractivity (Wildman–Crippen MR) is 79.4 cm³/mol. The minimum Gasteiger partial charge on any atom is -0.484 e. The zero-order chi connectivity index (χ0) is 15.4. The van der Waals surface area contributed by atoms with Gasteiger partial charge in [0.2, 0.25) is 0 Å². The van der Waals surface area contributed by atoms with Gasteiger partial charge in [0, 0.05) is 5.56 Å². The summed E-state index contributed by atoms with van der Waals surface area (Å²) in [7, 11) is 0. The molecule has 0 aliphatic heterocycles. The fraction of sp³-hybridized carbons (Fsp3) is 0.125. The lowest BCUT2D eigenvalue weighted by Crippen LogP contribution is -2.12. The fourth-order valence-electron chi connectivity index (χ4n) is 1.72.